The van der Waals surface area contributed by atoms with E-state index in [1.165, 1.54) is 51.4 Å². The van der Waals surface area contributed by atoms with Crippen molar-refractivity contribution in [1.29, 1.82) is 0 Å². The lowest BCUT2D eigenvalue weighted by Crippen LogP contribution is -2.30. The van der Waals surface area contributed by atoms with Crippen LogP contribution >= 0.6 is 0 Å². The molecule has 0 fully saturated rings. The molecule has 2 heteroatoms. The SMILES string of the molecule is CCCCCCCCCCC(C)(CN)CO. The molecule has 0 radical (unpaired) electrons. The minimum Gasteiger partial charge on any atom is -0.396 e. The summed E-state index contributed by atoms with van der Waals surface area (Å²) in [7, 11) is 0. The highest BCUT2D eigenvalue weighted by Crippen LogP contribution is 2.22. The molecule has 0 saturated carbocycles. The van der Waals surface area contributed by atoms with Crippen molar-refractivity contribution in [2.24, 2.45) is 11.1 Å². The zero-order valence-corrected chi connectivity index (χ0v) is 11.3. The molecule has 0 saturated heterocycles. The van der Waals surface area contributed by atoms with E-state index in [4.69, 9.17) is 5.73 Å². The molecule has 0 bridgehead atoms. The molecule has 2 nitrogen and oxygen atoms in total. The highest BCUT2D eigenvalue weighted by Gasteiger charge is 2.20. The summed E-state index contributed by atoms with van der Waals surface area (Å²) < 4.78 is 0. The zero-order chi connectivity index (χ0) is 12.3. The van der Waals surface area contributed by atoms with Gasteiger partial charge in [-0.15, -0.1) is 0 Å². The maximum atomic E-state index is 9.21. The van der Waals surface area contributed by atoms with Gasteiger partial charge < -0.3 is 10.8 Å². The summed E-state index contributed by atoms with van der Waals surface area (Å²) in [5.41, 5.74) is 5.61. The molecule has 3 N–H and O–H groups in total. The number of aliphatic hydroxyl groups is 1. The van der Waals surface area contributed by atoms with Crippen LogP contribution in [0.4, 0.5) is 0 Å². The Balaban J connectivity index is 3.26. The summed E-state index contributed by atoms with van der Waals surface area (Å²) in [6, 6.07) is 0. The molecule has 0 aromatic rings. The second-order valence-electron chi connectivity index (χ2n) is 5.40. The van der Waals surface area contributed by atoms with Crippen LogP contribution in [-0.4, -0.2) is 18.3 Å². The first kappa shape index (κ1) is 15.9. The van der Waals surface area contributed by atoms with E-state index in [0.717, 1.165) is 6.42 Å². The Hall–Kier alpha value is -0.0800. The topological polar surface area (TPSA) is 46.2 Å². The normalized spacial score (nSPS) is 15.0. The molecule has 0 aliphatic heterocycles. The molecule has 0 spiro atoms. The van der Waals surface area contributed by atoms with Crippen LogP contribution < -0.4 is 5.73 Å². The maximum Gasteiger partial charge on any atom is 0.0496 e. The van der Waals surface area contributed by atoms with Crippen molar-refractivity contribution in [3.8, 4) is 0 Å². The first-order valence-electron chi connectivity index (χ1n) is 6.99. The third-order valence-corrected chi connectivity index (χ3v) is 3.51. The summed E-state index contributed by atoms with van der Waals surface area (Å²) >= 11 is 0. The monoisotopic (exact) mass is 229 g/mol. The van der Waals surface area contributed by atoms with E-state index in [0.29, 0.717) is 6.54 Å². The summed E-state index contributed by atoms with van der Waals surface area (Å²) in [6.45, 7) is 5.15. The quantitative estimate of drug-likeness (QED) is 0.533. The molecule has 0 aromatic heterocycles. The van der Waals surface area contributed by atoms with Crippen molar-refractivity contribution >= 4 is 0 Å². The molecule has 0 heterocycles. The van der Waals surface area contributed by atoms with Gasteiger partial charge in [0.1, 0.15) is 0 Å². The maximum absolute atomic E-state index is 9.21. The van der Waals surface area contributed by atoms with E-state index in [1.807, 2.05) is 0 Å². The van der Waals surface area contributed by atoms with Gasteiger partial charge >= 0.3 is 0 Å². The fourth-order valence-electron chi connectivity index (χ4n) is 1.93. The lowest BCUT2D eigenvalue weighted by atomic mass is 9.85. The van der Waals surface area contributed by atoms with Crippen molar-refractivity contribution in [2.75, 3.05) is 13.2 Å². The highest BCUT2D eigenvalue weighted by atomic mass is 16.3. The van der Waals surface area contributed by atoms with E-state index in [-0.39, 0.29) is 12.0 Å². The van der Waals surface area contributed by atoms with Gasteiger partial charge in [0.15, 0.2) is 0 Å². The minimum atomic E-state index is -0.0395. The third-order valence-electron chi connectivity index (χ3n) is 3.51. The smallest absolute Gasteiger partial charge is 0.0496 e. The largest absolute Gasteiger partial charge is 0.396 e. The predicted octanol–water partition coefficient (Wildman–Crippen LogP) is 3.47. The number of aliphatic hydroxyl groups excluding tert-OH is 1. The fraction of sp³-hybridized carbons (Fsp3) is 1.00. The summed E-state index contributed by atoms with van der Waals surface area (Å²) in [5.74, 6) is 0. The van der Waals surface area contributed by atoms with Crippen molar-refractivity contribution < 1.29 is 5.11 Å². The first-order chi connectivity index (χ1) is 7.68. The Morgan fingerprint density at radius 1 is 0.938 bits per heavy atom. The lowest BCUT2D eigenvalue weighted by molar-refractivity contribution is 0.136. The average Bonchev–Trinajstić information content (AvgIpc) is 2.32. The van der Waals surface area contributed by atoms with Gasteiger partial charge in [-0.1, -0.05) is 65.2 Å². The Bertz CT molecular complexity index is 144. The van der Waals surface area contributed by atoms with Gasteiger partial charge in [-0.3, -0.25) is 0 Å². The fourth-order valence-corrected chi connectivity index (χ4v) is 1.93. The number of hydrogen-bond acceptors (Lipinski definition) is 2. The van der Waals surface area contributed by atoms with Crippen LogP contribution in [0.3, 0.4) is 0 Å². The minimum absolute atomic E-state index is 0.0395. The van der Waals surface area contributed by atoms with Crippen molar-refractivity contribution in [1.82, 2.24) is 0 Å². The summed E-state index contributed by atoms with van der Waals surface area (Å²) in [5, 5.41) is 9.21. The molecule has 16 heavy (non-hydrogen) atoms. The van der Waals surface area contributed by atoms with Crippen LogP contribution in [0, 0.1) is 5.41 Å². The number of hydrogen-bond donors (Lipinski definition) is 2. The summed E-state index contributed by atoms with van der Waals surface area (Å²) in [6.07, 6.45) is 11.8. The molecule has 1 atom stereocenters. The van der Waals surface area contributed by atoms with Gasteiger partial charge in [0, 0.05) is 12.0 Å². The predicted molar refractivity (Wildman–Crippen MR) is 71.5 cm³/mol. The van der Waals surface area contributed by atoms with Crippen LogP contribution in [0.1, 0.15) is 71.6 Å². The van der Waals surface area contributed by atoms with Gasteiger partial charge in [0.25, 0.3) is 0 Å². The zero-order valence-electron chi connectivity index (χ0n) is 11.3. The molecule has 98 valence electrons. The lowest BCUT2D eigenvalue weighted by Gasteiger charge is -2.24. The van der Waals surface area contributed by atoms with Crippen molar-refractivity contribution in [3.63, 3.8) is 0 Å². The van der Waals surface area contributed by atoms with E-state index >= 15 is 0 Å². The molecule has 1 unspecified atom stereocenters. The molecular weight excluding hydrogens is 198 g/mol. The molecular formula is C14H31NO. The molecule has 0 amide bonds. The van der Waals surface area contributed by atoms with Gasteiger partial charge in [-0.05, 0) is 13.0 Å². The number of unbranched alkanes of at least 4 members (excludes halogenated alkanes) is 7. The van der Waals surface area contributed by atoms with Crippen LogP contribution in [0.15, 0.2) is 0 Å². The van der Waals surface area contributed by atoms with Gasteiger partial charge in [-0.25, -0.2) is 0 Å². The number of rotatable bonds is 11. The molecule has 0 aliphatic rings. The molecule has 0 rings (SSSR count). The van der Waals surface area contributed by atoms with Gasteiger partial charge in [-0.2, -0.15) is 0 Å². The van der Waals surface area contributed by atoms with Gasteiger partial charge in [0.05, 0.1) is 0 Å². The van der Waals surface area contributed by atoms with Crippen LogP contribution in [0.25, 0.3) is 0 Å². The first-order valence-corrected chi connectivity index (χ1v) is 6.99. The second-order valence-corrected chi connectivity index (χ2v) is 5.40. The van der Waals surface area contributed by atoms with E-state index in [9.17, 15) is 5.11 Å². The Labute approximate surface area is 102 Å². The second kappa shape index (κ2) is 10.1. The Kier molecular flexibility index (Phi) is 10.0. The van der Waals surface area contributed by atoms with Gasteiger partial charge in [0.2, 0.25) is 0 Å². The van der Waals surface area contributed by atoms with Crippen molar-refractivity contribution in [2.45, 2.75) is 71.6 Å². The standard InChI is InChI=1S/C14H31NO/c1-3-4-5-6-7-8-9-10-11-14(2,12-15)13-16/h16H,3-13,15H2,1-2H3. The third kappa shape index (κ3) is 8.12. The highest BCUT2D eigenvalue weighted by molar-refractivity contribution is 4.73. The van der Waals surface area contributed by atoms with E-state index in [2.05, 4.69) is 13.8 Å². The molecule has 0 aliphatic carbocycles. The Morgan fingerprint density at radius 2 is 1.44 bits per heavy atom. The van der Waals surface area contributed by atoms with Crippen LogP contribution in [0.2, 0.25) is 0 Å². The van der Waals surface area contributed by atoms with Crippen LogP contribution in [-0.2, 0) is 0 Å². The average molecular weight is 229 g/mol. The van der Waals surface area contributed by atoms with Crippen LogP contribution in [0.5, 0.6) is 0 Å². The molecule has 0 aromatic carbocycles. The van der Waals surface area contributed by atoms with E-state index < -0.39 is 0 Å². The van der Waals surface area contributed by atoms with E-state index in [1.54, 1.807) is 0 Å². The number of nitrogens with two attached hydrogens (primary N) is 1. The summed E-state index contributed by atoms with van der Waals surface area (Å²) in [4.78, 5) is 0. The Morgan fingerprint density at radius 3 is 1.88 bits per heavy atom. The van der Waals surface area contributed by atoms with Crippen molar-refractivity contribution in [3.05, 3.63) is 0 Å².